The van der Waals surface area contributed by atoms with Gasteiger partial charge in [0.1, 0.15) is 5.82 Å². The Morgan fingerprint density at radius 3 is 2.44 bits per heavy atom. The summed E-state index contributed by atoms with van der Waals surface area (Å²) >= 11 is 9.34. The molecule has 0 saturated carbocycles. The van der Waals surface area contributed by atoms with Crippen molar-refractivity contribution in [3.63, 3.8) is 0 Å². The van der Waals surface area contributed by atoms with Gasteiger partial charge in [0.25, 0.3) is 0 Å². The third kappa shape index (κ3) is 3.33. The standard InChI is InChI=1S/C15H13BrClF/c16-10-13(12-4-2-1-3-5-12)8-11-6-7-15(18)14(17)9-11/h1-7,9,13H,8,10H2. The van der Waals surface area contributed by atoms with Crippen LogP contribution in [-0.2, 0) is 6.42 Å². The largest absolute Gasteiger partial charge is 0.205 e. The second-order valence-corrected chi connectivity index (χ2v) is 5.27. The van der Waals surface area contributed by atoms with Crippen LogP contribution in [0.1, 0.15) is 17.0 Å². The SMILES string of the molecule is Fc1ccc(CC(CBr)c2ccccc2)cc1Cl. The van der Waals surface area contributed by atoms with E-state index in [1.807, 2.05) is 18.2 Å². The monoisotopic (exact) mass is 326 g/mol. The van der Waals surface area contributed by atoms with Crippen molar-refractivity contribution in [3.8, 4) is 0 Å². The lowest BCUT2D eigenvalue weighted by atomic mass is 9.94. The van der Waals surface area contributed by atoms with E-state index >= 15 is 0 Å². The molecule has 0 N–H and O–H groups in total. The van der Waals surface area contributed by atoms with Crippen molar-refractivity contribution in [1.29, 1.82) is 0 Å². The molecule has 0 heterocycles. The summed E-state index contributed by atoms with van der Waals surface area (Å²) in [5, 5.41) is 1.06. The molecular formula is C15H13BrClF. The van der Waals surface area contributed by atoms with Gasteiger partial charge in [-0.1, -0.05) is 63.9 Å². The summed E-state index contributed by atoms with van der Waals surface area (Å²) in [4.78, 5) is 0. The molecule has 0 amide bonds. The summed E-state index contributed by atoms with van der Waals surface area (Å²) < 4.78 is 13.1. The minimum absolute atomic E-state index is 0.189. The Morgan fingerprint density at radius 2 is 1.83 bits per heavy atom. The zero-order valence-corrected chi connectivity index (χ0v) is 12.1. The van der Waals surface area contributed by atoms with Gasteiger partial charge >= 0.3 is 0 Å². The van der Waals surface area contributed by atoms with Gasteiger partial charge in [0, 0.05) is 5.33 Å². The normalized spacial score (nSPS) is 12.4. The minimum atomic E-state index is -0.365. The quantitative estimate of drug-likeness (QED) is 0.677. The van der Waals surface area contributed by atoms with Crippen molar-refractivity contribution in [1.82, 2.24) is 0 Å². The Labute approximate surface area is 120 Å². The highest BCUT2D eigenvalue weighted by atomic mass is 79.9. The molecule has 0 aliphatic rings. The van der Waals surface area contributed by atoms with E-state index in [4.69, 9.17) is 11.6 Å². The first-order chi connectivity index (χ1) is 8.70. The molecule has 0 nitrogen and oxygen atoms in total. The highest BCUT2D eigenvalue weighted by Gasteiger charge is 2.11. The Kier molecular flexibility index (Phi) is 4.79. The average molecular weight is 328 g/mol. The van der Waals surface area contributed by atoms with E-state index < -0.39 is 0 Å². The van der Waals surface area contributed by atoms with Crippen molar-refractivity contribution in [2.45, 2.75) is 12.3 Å². The molecule has 2 aromatic rings. The second kappa shape index (κ2) is 6.35. The molecule has 0 spiro atoms. The molecule has 2 aromatic carbocycles. The maximum absolute atomic E-state index is 13.1. The van der Waals surface area contributed by atoms with Crippen molar-refractivity contribution < 1.29 is 4.39 Å². The molecule has 0 aromatic heterocycles. The summed E-state index contributed by atoms with van der Waals surface area (Å²) in [7, 11) is 0. The molecule has 3 heteroatoms. The molecule has 0 aliphatic heterocycles. The van der Waals surface area contributed by atoms with Crippen LogP contribution in [0.25, 0.3) is 0 Å². The number of alkyl halides is 1. The van der Waals surface area contributed by atoms with Gasteiger partial charge in [-0.2, -0.15) is 0 Å². The highest BCUT2D eigenvalue weighted by molar-refractivity contribution is 9.09. The number of benzene rings is 2. The van der Waals surface area contributed by atoms with Crippen LogP contribution in [0.2, 0.25) is 5.02 Å². The average Bonchev–Trinajstić information content (AvgIpc) is 2.41. The molecule has 0 aliphatic carbocycles. The van der Waals surface area contributed by atoms with Crippen molar-refractivity contribution in [3.05, 3.63) is 70.5 Å². The van der Waals surface area contributed by atoms with Gasteiger partial charge in [-0.05, 0) is 35.6 Å². The van der Waals surface area contributed by atoms with Gasteiger partial charge in [0.2, 0.25) is 0 Å². The molecule has 1 atom stereocenters. The lowest BCUT2D eigenvalue weighted by Gasteiger charge is -2.14. The third-order valence-corrected chi connectivity index (χ3v) is 3.99. The molecule has 2 rings (SSSR count). The van der Waals surface area contributed by atoms with Crippen LogP contribution in [0.3, 0.4) is 0 Å². The summed E-state index contributed by atoms with van der Waals surface area (Å²) in [6, 6.07) is 15.2. The van der Waals surface area contributed by atoms with Crippen LogP contribution in [0.15, 0.2) is 48.5 Å². The predicted octanol–water partition coefficient (Wildman–Crippen LogP) is 5.20. The first-order valence-corrected chi connectivity index (χ1v) is 7.25. The molecular weight excluding hydrogens is 315 g/mol. The molecule has 94 valence electrons. The lowest BCUT2D eigenvalue weighted by Crippen LogP contribution is -2.04. The van der Waals surface area contributed by atoms with E-state index in [9.17, 15) is 4.39 Å². The number of hydrogen-bond donors (Lipinski definition) is 0. The lowest BCUT2D eigenvalue weighted by molar-refractivity contribution is 0.626. The Balaban J connectivity index is 2.18. The highest BCUT2D eigenvalue weighted by Crippen LogP contribution is 2.25. The van der Waals surface area contributed by atoms with Gasteiger partial charge in [0.15, 0.2) is 0 Å². The van der Waals surface area contributed by atoms with Crippen molar-refractivity contribution in [2.24, 2.45) is 0 Å². The van der Waals surface area contributed by atoms with Gasteiger partial charge < -0.3 is 0 Å². The van der Waals surface area contributed by atoms with Crippen LogP contribution in [0.5, 0.6) is 0 Å². The van der Waals surface area contributed by atoms with Crippen molar-refractivity contribution >= 4 is 27.5 Å². The molecule has 0 saturated heterocycles. The zero-order chi connectivity index (χ0) is 13.0. The molecule has 0 radical (unpaired) electrons. The maximum Gasteiger partial charge on any atom is 0.141 e. The van der Waals surface area contributed by atoms with E-state index in [0.29, 0.717) is 5.92 Å². The topological polar surface area (TPSA) is 0 Å². The molecule has 1 unspecified atom stereocenters. The number of halogens is 3. The van der Waals surface area contributed by atoms with E-state index in [2.05, 4.69) is 28.1 Å². The zero-order valence-electron chi connectivity index (χ0n) is 9.74. The van der Waals surface area contributed by atoms with Crippen LogP contribution >= 0.6 is 27.5 Å². The van der Waals surface area contributed by atoms with Crippen LogP contribution in [0, 0.1) is 5.82 Å². The van der Waals surface area contributed by atoms with Crippen molar-refractivity contribution in [2.75, 3.05) is 5.33 Å². The minimum Gasteiger partial charge on any atom is -0.205 e. The Bertz CT molecular complexity index is 513. The first-order valence-electron chi connectivity index (χ1n) is 5.75. The number of hydrogen-bond acceptors (Lipinski definition) is 0. The maximum atomic E-state index is 13.1. The summed E-state index contributed by atoms with van der Waals surface area (Å²) in [6.45, 7) is 0. The van der Waals surface area contributed by atoms with Gasteiger partial charge in [-0.3, -0.25) is 0 Å². The van der Waals surface area contributed by atoms with Crippen LogP contribution in [0.4, 0.5) is 4.39 Å². The summed E-state index contributed by atoms with van der Waals surface area (Å²) in [6.07, 6.45) is 0.843. The Morgan fingerprint density at radius 1 is 1.11 bits per heavy atom. The number of rotatable bonds is 4. The van der Waals surface area contributed by atoms with Gasteiger partial charge in [0.05, 0.1) is 5.02 Å². The van der Waals surface area contributed by atoms with Gasteiger partial charge in [-0.25, -0.2) is 4.39 Å². The van der Waals surface area contributed by atoms with Crippen LogP contribution < -0.4 is 0 Å². The van der Waals surface area contributed by atoms with E-state index in [1.54, 1.807) is 12.1 Å². The van der Waals surface area contributed by atoms with E-state index in [0.717, 1.165) is 17.3 Å². The first kappa shape index (κ1) is 13.6. The molecule has 18 heavy (non-hydrogen) atoms. The molecule has 0 bridgehead atoms. The van der Waals surface area contributed by atoms with Crippen LogP contribution in [-0.4, -0.2) is 5.33 Å². The van der Waals surface area contributed by atoms with Gasteiger partial charge in [-0.15, -0.1) is 0 Å². The Hall–Kier alpha value is -0.860. The van der Waals surface area contributed by atoms with E-state index in [-0.39, 0.29) is 10.8 Å². The van der Waals surface area contributed by atoms with E-state index in [1.165, 1.54) is 11.6 Å². The fourth-order valence-corrected chi connectivity index (χ4v) is 2.74. The molecule has 0 fully saturated rings. The summed E-state index contributed by atoms with van der Waals surface area (Å²) in [5.74, 6) is 0.00301. The fraction of sp³-hybridized carbons (Fsp3) is 0.200. The summed E-state index contributed by atoms with van der Waals surface area (Å²) in [5.41, 5.74) is 2.32. The second-order valence-electron chi connectivity index (χ2n) is 4.21. The fourth-order valence-electron chi connectivity index (χ4n) is 1.94. The smallest absolute Gasteiger partial charge is 0.141 e. The third-order valence-electron chi connectivity index (χ3n) is 2.92. The predicted molar refractivity (Wildman–Crippen MR) is 78.1 cm³/mol.